The lowest BCUT2D eigenvalue weighted by molar-refractivity contribution is 0.0946. The van der Waals surface area contributed by atoms with E-state index in [4.69, 9.17) is 11.6 Å². The lowest BCUT2D eigenvalue weighted by Crippen LogP contribution is -2.26. The summed E-state index contributed by atoms with van der Waals surface area (Å²) in [5.41, 5.74) is 0.195. The molecule has 1 aromatic heterocycles. The van der Waals surface area contributed by atoms with Gasteiger partial charge >= 0.3 is 0 Å². The van der Waals surface area contributed by atoms with E-state index < -0.39 is 12.6 Å². The van der Waals surface area contributed by atoms with E-state index in [-0.39, 0.29) is 12.2 Å². The number of rotatable bonds is 3. The second-order valence-electron chi connectivity index (χ2n) is 2.30. The van der Waals surface area contributed by atoms with Gasteiger partial charge in [0.15, 0.2) is 0 Å². The summed E-state index contributed by atoms with van der Waals surface area (Å²) in [6.45, 7) is -0.598. The fraction of sp³-hybridized carbons (Fsp3) is 0.250. The zero-order chi connectivity index (χ0) is 9.68. The van der Waals surface area contributed by atoms with E-state index in [1.165, 1.54) is 12.3 Å². The van der Waals surface area contributed by atoms with Crippen LogP contribution < -0.4 is 5.32 Å². The van der Waals surface area contributed by atoms with Crippen LogP contribution in [0.1, 0.15) is 10.5 Å². The lowest BCUT2D eigenvalue weighted by Gasteiger charge is -2.01. The monoisotopic (exact) mass is 202 g/mol. The lowest BCUT2D eigenvalue weighted by atomic mass is 10.3. The molecule has 0 bridgehead atoms. The molecule has 0 aromatic carbocycles. The third-order valence-electron chi connectivity index (χ3n) is 1.33. The van der Waals surface area contributed by atoms with Crippen LogP contribution in [-0.4, -0.2) is 24.1 Å². The Kier molecular flexibility index (Phi) is 3.64. The maximum Gasteiger partial charge on any atom is 0.270 e. The van der Waals surface area contributed by atoms with Gasteiger partial charge < -0.3 is 5.32 Å². The number of hydrogen-bond donors (Lipinski definition) is 1. The molecule has 0 saturated carbocycles. The summed E-state index contributed by atoms with van der Waals surface area (Å²) in [7, 11) is 0. The molecule has 3 nitrogen and oxygen atoms in total. The van der Waals surface area contributed by atoms with Crippen molar-refractivity contribution in [1.29, 1.82) is 0 Å². The fourth-order valence-corrected chi connectivity index (χ4v) is 0.940. The summed E-state index contributed by atoms with van der Waals surface area (Å²) in [5.74, 6) is -0.417. The summed E-state index contributed by atoms with van der Waals surface area (Å²) in [6, 6.07) is 2.99. The molecule has 1 rings (SSSR count). The van der Waals surface area contributed by atoms with Crippen molar-refractivity contribution in [1.82, 2.24) is 10.3 Å². The van der Waals surface area contributed by atoms with Crippen molar-refractivity contribution in [2.75, 3.05) is 13.2 Å². The molecule has 1 amide bonds. The van der Waals surface area contributed by atoms with Gasteiger partial charge in [-0.05, 0) is 12.1 Å². The molecule has 0 saturated heterocycles. The number of hydrogen-bond acceptors (Lipinski definition) is 2. The highest BCUT2D eigenvalue weighted by Gasteiger charge is 2.05. The van der Waals surface area contributed by atoms with Crippen LogP contribution in [0, 0.1) is 0 Å². The summed E-state index contributed by atoms with van der Waals surface area (Å²) in [4.78, 5) is 14.9. The summed E-state index contributed by atoms with van der Waals surface area (Å²) < 4.78 is 11.7. The zero-order valence-corrected chi connectivity index (χ0v) is 7.51. The zero-order valence-electron chi connectivity index (χ0n) is 6.76. The molecule has 5 heteroatoms. The minimum atomic E-state index is -0.591. The SMILES string of the molecule is O=C(NCCF)c1cc(Cl)ccn1. The number of alkyl halides is 1. The quantitative estimate of drug-likeness (QED) is 0.806. The number of pyridine rings is 1. The Morgan fingerprint density at radius 1 is 1.69 bits per heavy atom. The van der Waals surface area contributed by atoms with Gasteiger partial charge in [0.1, 0.15) is 12.4 Å². The number of halogens is 2. The van der Waals surface area contributed by atoms with E-state index in [1.54, 1.807) is 6.07 Å². The van der Waals surface area contributed by atoms with E-state index >= 15 is 0 Å². The van der Waals surface area contributed by atoms with E-state index in [0.29, 0.717) is 5.02 Å². The number of nitrogens with zero attached hydrogens (tertiary/aromatic N) is 1. The molecule has 0 aliphatic carbocycles. The first kappa shape index (κ1) is 9.92. The molecule has 0 aliphatic heterocycles. The molecule has 0 atom stereocenters. The fourth-order valence-electron chi connectivity index (χ4n) is 0.780. The first-order chi connectivity index (χ1) is 6.24. The minimum Gasteiger partial charge on any atom is -0.348 e. The van der Waals surface area contributed by atoms with Crippen LogP contribution in [0.3, 0.4) is 0 Å². The third-order valence-corrected chi connectivity index (χ3v) is 1.57. The van der Waals surface area contributed by atoms with Gasteiger partial charge in [0.2, 0.25) is 0 Å². The van der Waals surface area contributed by atoms with E-state index in [1.807, 2.05) is 0 Å². The summed E-state index contributed by atoms with van der Waals surface area (Å²) >= 11 is 5.63. The normalized spacial score (nSPS) is 9.69. The Morgan fingerprint density at radius 2 is 2.46 bits per heavy atom. The van der Waals surface area contributed by atoms with Gasteiger partial charge in [0.25, 0.3) is 5.91 Å². The third kappa shape index (κ3) is 2.99. The highest BCUT2D eigenvalue weighted by Crippen LogP contribution is 2.07. The molecule has 0 radical (unpaired) electrons. The van der Waals surface area contributed by atoms with Crippen LogP contribution in [0.2, 0.25) is 5.02 Å². The number of amides is 1. The molecule has 1 heterocycles. The molecular weight excluding hydrogens is 195 g/mol. The van der Waals surface area contributed by atoms with Gasteiger partial charge in [-0.25, -0.2) is 4.39 Å². The van der Waals surface area contributed by atoms with Crippen molar-refractivity contribution in [3.63, 3.8) is 0 Å². The number of nitrogens with one attached hydrogen (secondary N) is 1. The second kappa shape index (κ2) is 4.77. The standard InChI is InChI=1S/C8H8ClFN2O/c9-6-1-3-11-7(5-6)8(13)12-4-2-10/h1,3,5H,2,4H2,(H,12,13). The number of aromatic nitrogens is 1. The van der Waals surface area contributed by atoms with Crippen molar-refractivity contribution in [3.8, 4) is 0 Å². The van der Waals surface area contributed by atoms with Crippen molar-refractivity contribution in [3.05, 3.63) is 29.0 Å². The molecule has 13 heavy (non-hydrogen) atoms. The topological polar surface area (TPSA) is 42.0 Å². The van der Waals surface area contributed by atoms with Gasteiger partial charge in [-0.15, -0.1) is 0 Å². The van der Waals surface area contributed by atoms with Crippen LogP contribution in [-0.2, 0) is 0 Å². The van der Waals surface area contributed by atoms with Crippen LogP contribution in [0.15, 0.2) is 18.3 Å². The van der Waals surface area contributed by atoms with Gasteiger partial charge in [-0.1, -0.05) is 11.6 Å². The largest absolute Gasteiger partial charge is 0.348 e. The van der Waals surface area contributed by atoms with E-state index in [0.717, 1.165) is 0 Å². The molecular formula is C8H8ClFN2O. The molecule has 0 spiro atoms. The second-order valence-corrected chi connectivity index (χ2v) is 2.74. The maximum absolute atomic E-state index is 11.7. The van der Waals surface area contributed by atoms with Crippen LogP contribution in [0.4, 0.5) is 4.39 Å². The smallest absolute Gasteiger partial charge is 0.270 e. The van der Waals surface area contributed by atoms with E-state index in [9.17, 15) is 9.18 Å². The van der Waals surface area contributed by atoms with Gasteiger partial charge in [-0.3, -0.25) is 9.78 Å². The Bertz CT molecular complexity index is 306. The van der Waals surface area contributed by atoms with Crippen molar-refractivity contribution in [2.24, 2.45) is 0 Å². The molecule has 0 aliphatic rings. The first-order valence-electron chi connectivity index (χ1n) is 3.70. The van der Waals surface area contributed by atoms with Crippen LogP contribution in [0.25, 0.3) is 0 Å². The minimum absolute atomic E-state index is 0.00692. The first-order valence-corrected chi connectivity index (χ1v) is 4.07. The maximum atomic E-state index is 11.7. The van der Waals surface area contributed by atoms with Crippen LogP contribution in [0.5, 0.6) is 0 Å². The number of carbonyl (C=O) groups excluding carboxylic acids is 1. The molecule has 0 fully saturated rings. The highest BCUT2D eigenvalue weighted by atomic mass is 35.5. The summed E-state index contributed by atoms with van der Waals surface area (Å²) in [6.07, 6.45) is 1.42. The molecule has 1 aromatic rings. The van der Waals surface area contributed by atoms with Gasteiger partial charge in [0, 0.05) is 17.8 Å². The Balaban J connectivity index is 2.66. The predicted molar refractivity (Wildman–Crippen MR) is 47.6 cm³/mol. The molecule has 0 unspecified atom stereocenters. The average Bonchev–Trinajstić information content (AvgIpc) is 2.14. The Morgan fingerprint density at radius 3 is 3.08 bits per heavy atom. The average molecular weight is 203 g/mol. The highest BCUT2D eigenvalue weighted by molar-refractivity contribution is 6.30. The Hall–Kier alpha value is -1.16. The molecule has 70 valence electrons. The molecule has 1 N–H and O–H groups in total. The Labute approximate surface area is 79.9 Å². The summed E-state index contributed by atoms with van der Waals surface area (Å²) in [5, 5.41) is 2.77. The van der Waals surface area contributed by atoms with Gasteiger partial charge in [0.05, 0.1) is 0 Å². The van der Waals surface area contributed by atoms with Crippen molar-refractivity contribution >= 4 is 17.5 Å². The number of carbonyl (C=O) groups is 1. The van der Waals surface area contributed by atoms with E-state index in [2.05, 4.69) is 10.3 Å². The van der Waals surface area contributed by atoms with Gasteiger partial charge in [-0.2, -0.15) is 0 Å². The van der Waals surface area contributed by atoms with Crippen LogP contribution >= 0.6 is 11.6 Å². The van der Waals surface area contributed by atoms with Crippen molar-refractivity contribution in [2.45, 2.75) is 0 Å². The predicted octanol–water partition coefficient (Wildman–Crippen LogP) is 1.43. The van der Waals surface area contributed by atoms with Crippen molar-refractivity contribution < 1.29 is 9.18 Å².